The zero-order valence-corrected chi connectivity index (χ0v) is 19.5. The minimum atomic E-state index is -4.76. The van der Waals surface area contributed by atoms with Crippen LogP contribution in [0.5, 0.6) is 5.75 Å². The summed E-state index contributed by atoms with van der Waals surface area (Å²) in [5, 5.41) is 2.95. The minimum Gasteiger partial charge on any atom is -1.00 e. The zero-order chi connectivity index (χ0) is 21.6. The van der Waals surface area contributed by atoms with E-state index in [1.165, 1.54) is 19.2 Å². The van der Waals surface area contributed by atoms with Gasteiger partial charge in [0.15, 0.2) is 11.6 Å². The SMILES string of the molecule is COc1ccc(Nc2cc(S(=O)(=O)O)c(N)c3c2C(=O)c2ccccc2C3=O)cc1.[H-].[Na+]. The molecule has 31 heavy (non-hydrogen) atoms. The van der Waals surface area contributed by atoms with Gasteiger partial charge >= 0.3 is 29.6 Å². The Balaban J connectivity index is 0.00000181. The normalized spacial score (nSPS) is 12.5. The van der Waals surface area contributed by atoms with Crippen molar-refractivity contribution >= 4 is 38.7 Å². The summed E-state index contributed by atoms with van der Waals surface area (Å²) in [7, 11) is -3.25. The number of hydrogen-bond acceptors (Lipinski definition) is 7. The summed E-state index contributed by atoms with van der Waals surface area (Å²) in [6, 6.07) is 13.9. The van der Waals surface area contributed by atoms with Crippen LogP contribution in [-0.2, 0) is 10.1 Å². The van der Waals surface area contributed by atoms with Gasteiger partial charge in [-0.1, -0.05) is 24.3 Å². The van der Waals surface area contributed by atoms with Crippen LogP contribution < -0.4 is 45.3 Å². The fraction of sp³-hybridized carbons (Fsp3) is 0.0476. The molecule has 0 aliphatic heterocycles. The van der Waals surface area contributed by atoms with E-state index in [1.54, 1.807) is 36.4 Å². The molecule has 0 radical (unpaired) electrons. The standard InChI is InChI=1S/C21H16N2O6S.Na.H/c1-29-12-8-6-11(7-9-12)23-15-10-16(30(26,27)28)19(22)18-17(15)20(24)13-4-2-3-5-14(13)21(18)25;;/h2-10,23H,22H2,1H3,(H,26,27,28);;/q;+1;-1. The second-order valence-electron chi connectivity index (χ2n) is 6.62. The van der Waals surface area contributed by atoms with Crippen molar-refractivity contribution in [3.05, 3.63) is 76.9 Å². The first-order chi connectivity index (χ1) is 14.2. The third-order valence-corrected chi connectivity index (χ3v) is 5.74. The van der Waals surface area contributed by atoms with Gasteiger partial charge in [0, 0.05) is 16.8 Å². The summed E-state index contributed by atoms with van der Waals surface area (Å²) in [6.07, 6.45) is 0. The Bertz CT molecular complexity index is 1330. The summed E-state index contributed by atoms with van der Waals surface area (Å²) < 4.78 is 38.5. The van der Waals surface area contributed by atoms with Crippen molar-refractivity contribution < 1.29 is 58.3 Å². The topological polar surface area (TPSA) is 136 Å². The largest absolute Gasteiger partial charge is 1.00 e. The van der Waals surface area contributed by atoms with Crippen LogP contribution in [0.3, 0.4) is 0 Å². The number of nitrogens with one attached hydrogen (secondary N) is 1. The average Bonchev–Trinajstić information content (AvgIpc) is 2.72. The maximum atomic E-state index is 13.2. The van der Waals surface area contributed by atoms with Gasteiger partial charge < -0.3 is 17.2 Å². The Morgan fingerprint density at radius 1 is 0.968 bits per heavy atom. The second kappa shape index (κ2) is 8.45. The van der Waals surface area contributed by atoms with E-state index in [0.717, 1.165) is 6.07 Å². The molecule has 10 heteroatoms. The molecule has 0 aromatic heterocycles. The molecule has 3 aromatic carbocycles. The van der Waals surface area contributed by atoms with Gasteiger partial charge in [0.2, 0.25) is 0 Å². The molecule has 0 heterocycles. The van der Waals surface area contributed by atoms with E-state index < -0.39 is 32.3 Å². The van der Waals surface area contributed by atoms with Crippen LogP contribution in [0, 0.1) is 0 Å². The Labute approximate surface area is 201 Å². The fourth-order valence-corrected chi connectivity index (χ4v) is 4.08. The van der Waals surface area contributed by atoms with Crippen LogP contribution in [0.4, 0.5) is 17.1 Å². The molecule has 1 aliphatic rings. The van der Waals surface area contributed by atoms with Crippen LogP contribution in [0.1, 0.15) is 33.3 Å². The van der Waals surface area contributed by atoms with E-state index in [4.69, 9.17) is 10.5 Å². The molecular formula is C21H17N2NaO6S. The van der Waals surface area contributed by atoms with Gasteiger partial charge in [0.25, 0.3) is 10.1 Å². The van der Waals surface area contributed by atoms with Crippen molar-refractivity contribution in [1.29, 1.82) is 0 Å². The van der Waals surface area contributed by atoms with Crippen molar-refractivity contribution in [2.24, 2.45) is 0 Å². The number of anilines is 3. The summed E-state index contributed by atoms with van der Waals surface area (Å²) in [5.41, 5.74) is 5.99. The first-order valence-electron chi connectivity index (χ1n) is 8.76. The van der Waals surface area contributed by atoms with Gasteiger partial charge in [-0.3, -0.25) is 14.1 Å². The molecule has 0 fully saturated rings. The number of ether oxygens (including phenoxy) is 1. The molecule has 3 aromatic rings. The molecular weight excluding hydrogens is 431 g/mol. The molecule has 0 unspecified atom stereocenters. The first-order valence-corrected chi connectivity index (χ1v) is 10.2. The van der Waals surface area contributed by atoms with Crippen LogP contribution in [0.15, 0.2) is 59.5 Å². The van der Waals surface area contributed by atoms with Gasteiger partial charge in [-0.15, -0.1) is 0 Å². The van der Waals surface area contributed by atoms with Gasteiger partial charge in [-0.2, -0.15) is 8.42 Å². The predicted molar refractivity (Wildman–Crippen MR) is 111 cm³/mol. The van der Waals surface area contributed by atoms with Crippen molar-refractivity contribution in [3.8, 4) is 5.75 Å². The van der Waals surface area contributed by atoms with E-state index in [2.05, 4.69) is 5.32 Å². The molecule has 8 nitrogen and oxygen atoms in total. The monoisotopic (exact) mass is 448 g/mol. The third-order valence-electron chi connectivity index (χ3n) is 4.85. The Hall–Kier alpha value is -2.69. The molecule has 0 atom stereocenters. The third kappa shape index (κ3) is 3.98. The Morgan fingerprint density at radius 2 is 1.52 bits per heavy atom. The average molecular weight is 448 g/mol. The predicted octanol–water partition coefficient (Wildman–Crippen LogP) is 0.160. The molecule has 4 N–H and O–H groups in total. The molecule has 1 aliphatic carbocycles. The summed E-state index contributed by atoms with van der Waals surface area (Å²) in [5.74, 6) is -0.482. The number of rotatable bonds is 4. The van der Waals surface area contributed by atoms with E-state index >= 15 is 0 Å². The van der Waals surface area contributed by atoms with Crippen molar-refractivity contribution in [2.75, 3.05) is 18.2 Å². The number of nitrogens with two attached hydrogens (primary N) is 1. The maximum Gasteiger partial charge on any atom is 1.00 e. The van der Waals surface area contributed by atoms with Crippen molar-refractivity contribution in [1.82, 2.24) is 0 Å². The van der Waals surface area contributed by atoms with Gasteiger partial charge in [0.1, 0.15) is 10.6 Å². The van der Waals surface area contributed by atoms with E-state index in [0.29, 0.717) is 11.4 Å². The number of benzene rings is 3. The van der Waals surface area contributed by atoms with Gasteiger partial charge in [-0.25, -0.2) is 0 Å². The van der Waals surface area contributed by atoms with Crippen LogP contribution in [0.25, 0.3) is 0 Å². The van der Waals surface area contributed by atoms with Crippen LogP contribution in [-0.4, -0.2) is 31.6 Å². The number of hydrogen-bond donors (Lipinski definition) is 3. The van der Waals surface area contributed by atoms with Crippen LogP contribution in [0.2, 0.25) is 0 Å². The van der Waals surface area contributed by atoms with Gasteiger partial charge in [0.05, 0.1) is 29.6 Å². The van der Waals surface area contributed by atoms with Gasteiger partial charge in [-0.05, 0) is 30.3 Å². The summed E-state index contributed by atoms with van der Waals surface area (Å²) >= 11 is 0. The fourth-order valence-electron chi connectivity index (χ4n) is 3.44. The van der Waals surface area contributed by atoms with Crippen LogP contribution >= 0.6 is 0 Å². The number of fused-ring (bicyclic) bond motifs is 2. The summed E-state index contributed by atoms with van der Waals surface area (Å²) in [4.78, 5) is 25.6. The number of ketones is 2. The molecule has 0 amide bonds. The molecule has 0 spiro atoms. The molecule has 0 saturated carbocycles. The quantitative estimate of drug-likeness (QED) is 0.228. The number of nitrogen functional groups attached to an aromatic ring is 1. The zero-order valence-electron chi connectivity index (χ0n) is 17.7. The molecule has 0 saturated heterocycles. The minimum absolute atomic E-state index is 0. The molecule has 0 bridgehead atoms. The second-order valence-corrected chi connectivity index (χ2v) is 8.01. The number of carbonyl (C=O) groups is 2. The number of methoxy groups -OCH3 is 1. The van der Waals surface area contributed by atoms with Crippen molar-refractivity contribution in [3.63, 3.8) is 0 Å². The number of carbonyl (C=O) groups excluding carboxylic acids is 2. The Morgan fingerprint density at radius 3 is 2.03 bits per heavy atom. The van der Waals surface area contributed by atoms with Crippen molar-refractivity contribution in [2.45, 2.75) is 4.90 Å². The smallest absolute Gasteiger partial charge is 1.00 e. The van der Waals surface area contributed by atoms with E-state index in [9.17, 15) is 22.6 Å². The first kappa shape index (κ1) is 23.0. The Kier molecular flexibility index (Phi) is 6.26. The molecule has 4 rings (SSSR count). The van der Waals surface area contributed by atoms with E-state index in [-0.39, 0.29) is 58.9 Å². The maximum absolute atomic E-state index is 13.2. The van der Waals surface area contributed by atoms with E-state index in [1.807, 2.05) is 0 Å². The molecule has 154 valence electrons. The summed E-state index contributed by atoms with van der Waals surface area (Å²) in [6.45, 7) is 0.